The molecule has 2 fully saturated rings. The highest BCUT2D eigenvalue weighted by atomic mass is 16.8. The molecule has 1 saturated heterocycles. The third-order valence-electron chi connectivity index (χ3n) is 3.76. The van der Waals surface area contributed by atoms with Gasteiger partial charge in [-0.15, -0.1) is 5.06 Å². The highest BCUT2D eigenvalue weighted by molar-refractivity contribution is 5.35. The average Bonchev–Trinajstić information content (AvgIpc) is 3.20. The molecule has 2 N–H and O–H groups in total. The summed E-state index contributed by atoms with van der Waals surface area (Å²) in [6.45, 7) is 0. The summed E-state index contributed by atoms with van der Waals surface area (Å²) in [7, 11) is 0. The van der Waals surface area contributed by atoms with Gasteiger partial charge >= 0.3 is 0 Å². The minimum atomic E-state index is -0.887. The molecule has 1 saturated carbocycles. The molecule has 1 heterocycles. The molecule has 18 heavy (non-hydrogen) atoms. The quantitative estimate of drug-likeness (QED) is 0.632. The summed E-state index contributed by atoms with van der Waals surface area (Å²) in [5.41, 5.74) is 1.27. The van der Waals surface area contributed by atoms with Gasteiger partial charge in [-0.05, 0) is 12.8 Å². The van der Waals surface area contributed by atoms with E-state index in [4.69, 9.17) is 10.0 Å². The Morgan fingerprint density at radius 1 is 1.28 bits per heavy atom. The van der Waals surface area contributed by atoms with Crippen LogP contribution >= 0.6 is 0 Å². The summed E-state index contributed by atoms with van der Waals surface area (Å²) >= 11 is 0. The first-order valence-corrected chi connectivity index (χ1v) is 6.54. The van der Waals surface area contributed by atoms with Crippen LogP contribution in [0.25, 0.3) is 0 Å². The molecular formula is C13H18N2O3. The Bertz CT molecular complexity index is 418. The van der Waals surface area contributed by atoms with Crippen LogP contribution in [0.3, 0.4) is 0 Å². The van der Waals surface area contributed by atoms with Crippen molar-refractivity contribution in [3.05, 3.63) is 35.0 Å². The number of hydroxylamine groups is 2. The molecule has 3 unspecified atom stereocenters. The maximum atomic E-state index is 10.9. The molecule has 1 aliphatic heterocycles. The standard InChI is InChI=1S/C13H18N2O3/c16-15(17)12-8-4-5-10(9-12)13-14(18-13)11-6-2-1-3-7-11/h4-5,8-9,11,13,15-16H,1-3,6-7H2. The molecule has 1 aromatic carbocycles. The van der Waals surface area contributed by atoms with Gasteiger partial charge in [-0.2, -0.15) is 5.23 Å². The maximum Gasteiger partial charge on any atom is 0.180 e. The number of nitrogens with one attached hydrogen (secondary N) is 1. The Morgan fingerprint density at radius 2 is 2.06 bits per heavy atom. The van der Waals surface area contributed by atoms with Crippen molar-refractivity contribution in [1.82, 2.24) is 5.06 Å². The third-order valence-corrected chi connectivity index (χ3v) is 3.76. The lowest BCUT2D eigenvalue weighted by molar-refractivity contribution is -0.991. The smallest absolute Gasteiger partial charge is 0.180 e. The van der Waals surface area contributed by atoms with Gasteiger partial charge in [-0.1, -0.05) is 31.4 Å². The molecule has 0 spiro atoms. The second-order valence-corrected chi connectivity index (χ2v) is 5.04. The lowest BCUT2D eigenvalue weighted by Crippen LogP contribution is -2.99. The summed E-state index contributed by atoms with van der Waals surface area (Å²) < 4.78 is 0. The summed E-state index contributed by atoms with van der Waals surface area (Å²) in [5, 5.41) is 21.0. The predicted molar refractivity (Wildman–Crippen MR) is 64.8 cm³/mol. The van der Waals surface area contributed by atoms with Gasteiger partial charge in [0, 0.05) is 23.7 Å². The van der Waals surface area contributed by atoms with Gasteiger partial charge in [0.1, 0.15) is 0 Å². The number of hydrogen-bond donors (Lipinski definition) is 2. The van der Waals surface area contributed by atoms with Crippen LogP contribution in [0, 0.1) is 5.21 Å². The number of hydrogen-bond acceptors (Lipinski definition) is 4. The zero-order chi connectivity index (χ0) is 12.5. The SMILES string of the molecule is [O-][NH+](O)c1cccc(C2ON2C2CCCCC2)c1. The van der Waals surface area contributed by atoms with Crippen molar-refractivity contribution in [2.24, 2.45) is 0 Å². The Kier molecular flexibility index (Phi) is 3.32. The topological polar surface area (TPSA) is 63.3 Å². The van der Waals surface area contributed by atoms with E-state index in [0.29, 0.717) is 11.7 Å². The predicted octanol–water partition coefficient (Wildman–Crippen LogP) is 1.67. The molecule has 3 rings (SSSR count). The van der Waals surface area contributed by atoms with E-state index >= 15 is 0 Å². The zero-order valence-electron chi connectivity index (χ0n) is 10.2. The molecule has 0 aromatic heterocycles. The van der Waals surface area contributed by atoms with E-state index in [-0.39, 0.29) is 6.23 Å². The van der Waals surface area contributed by atoms with E-state index in [9.17, 15) is 5.21 Å². The highest BCUT2D eigenvalue weighted by Crippen LogP contribution is 2.43. The minimum Gasteiger partial charge on any atom is -0.595 e. The van der Waals surface area contributed by atoms with E-state index in [2.05, 4.69) is 0 Å². The number of rotatable bonds is 3. The second kappa shape index (κ2) is 4.95. The van der Waals surface area contributed by atoms with Crippen LogP contribution < -0.4 is 5.23 Å². The Hall–Kier alpha value is -0.980. The molecular weight excluding hydrogens is 232 g/mol. The first-order valence-electron chi connectivity index (χ1n) is 6.54. The van der Waals surface area contributed by atoms with Gasteiger partial charge in [0.05, 0.1) is 0 Å². The number of nitrogens with zero attached hydrogens (tertiary/aromatic N) is 1. The fourth-order valence-electron chi connectivity index (χ4n) is 2.73. The summed E-state index contributed by atoms with van der Waals surface area (Å²) in [5.74, 6) is 0. The molecule has 1 aliphatic carbocycles. The van der Waals surface area contributed by atoms with Gasteiger partial charge in [0.2, 0.25) is 0 Å². The van der Waals surface area contributed by atoms with E-state index in [1.807, 2.05) is 11.1 Å². The van der Waals surface area contributed by atoms with Crippen molar-refractivity contribution in [2.45, 2.75) is 44.4 Å². The largest absolute Gasteiger partial charge is 0.595 e. The Balaban J connectivity index is 1.68. The molecule has 3 atom stereocenters. The Labute approximate surface area is 106 Å². The van der Waals surface area contributed by atoms with Crippen molar-refractivity contribution < 1.29 is 15.3 Å². The zero-order valence-corrected chi connectivity index (χ0v) is 10.2. The highest BCUT2D eigenvalue weighted by Gasteiger charge is 2.43. The van der Waals surface area contributed by atoms with Crippen LogP contribution in [0.2, 0.25) is 0 Å². The number of benzene rings is 1. The van der Waals surface area contributed by atoms with E-state index in [1.165, 1.54) is 32.1 Å². The first kappa shape index (κ1) is 12.1. The second-order valence-electron chi connectivity index (χ2n) is 5.04. The lowest BCUT2D eigenvalue weighted by atomic mass is 9.95. The van der Waals surface area contributed by atoms with E-state index < -0.39 is 5.23 Å². The molecule has 1 aromatic rings. The number of quaternary nitrogens is 1. The van der Waals surface area contributed by atoms with Crippen LogP contribution in [0.5, 0.6) is 0 Å². The van der Waals surface area contributed by atoms with Gasteiger partial charge in [-0.25, -0.2) is 5.21 Å². The van der Waals surface area contributed by atoms with Gasteiger partial charge < -0.3 is 5.21 Å². The fourth-order valence-corrected chi connectivity index (χ4v) is 2.73. The van der Waals surface area contributed by atoms with Crippen LogP contribution in [-0.4, -0.2) is 16.3 Å². The van der Waals surface area contributed by atoms with Crippen molar-refractivity contribution in [2.75, 3.05) is 0 Å². The summed E-state index contributed by atoms with van der Waals surface area (Å²) in [4.78, 5) is 5.62. The van der Waals surface area contributed by atoms with E-state index in [1.54, 1.807) is 18.2 Å². The molecule has 98 valence electrons. The maximum absolute atomic E-state index is 10.9. The minimum absolute atomic E-state index is 0.0348. The van der Waals surface area contributed by atoms with Crippen LogP contribution in [0.4, 0.5) is 5.69 Å². The van der Waals surface area contributed by atoms with Gasteiger partial charge in [-0.3, -0.25) is 4.84 Å². The Morgan fingerprint density at radius 3 is 2.78 bits per heavy atom. The van der Waals surface area contributed by atoms with Crippen molar-refractivity contribution >= 4 is 5.69 Å². The van der Waals surface area contributed by atoms with Crippen LogP contribution in [0.15, 0.2) is 24.3 Å². The molecule has 0 bridgehead atoms. The molecule has 5 heteroatoms. The normalized spacial score (nSPS) is 30.1. The first-order chi connectivity index (χ1) is 8.75. The van der Waals surface area contributed by atoms with Crippen molar-refractivity contribution in [1.29, 1.82) is 0 Å². The van der Waals surface area contributed by atoms with Gasteiger partial charge in [0.25, 0.3) is 0 Å². The molecule has 2 aliphatic rings. The van der Waals surface area contributed by atoms with Crippen molar-refractivity contribution in [3.8, 4) is 0 Å². The van der Waals surface area contributed by atoms with Crippen LogP contribution in [-0.2, 0) is 4.84 Å². The summed E-state index contributed by atoms with van der Waals surface area (Å²) in [6, 6.07) is 7.53. The fraction of sp³-hybridized carbons (Fsp3) is 0.538. The monoisotopic (exact) mass is 250 g/mol. The average molecular weight is 250 g/mol. The van der Waals surface area contributed by atoms with Crippen molar-refractivity contribution in [3.63, 3.8) is 0 Å². The van der Waals surface area contributed by atoms with Crippen LogP contribution in [0.1, 0.15) is 43.9 Å². The lowest BCUT2D eigenvalue weighted by Gasteiger charge is -2.20. The molecule has 5 nitrogen and oxygen atoms in total. The third kappa shape index (κ3) is 2.41. The summed E-state index contributed by atoms with van der Waals surface area (Å²) in [6.07, 6.45) is 6.21. The molecule has 0 amide bonds. The molecule has 0 radical (unpaired) electrons. The van der Waals surface area contributed by atoms with Gasteiger partial charge in [0.15, 0.2) is 11.9 Å². The van der Waals surface area contributed by atoms with E-state index in [0.717, 1.165) is 5.56 Å².